The lowest BCUT2D eigenvalue weighted by atomic mass is 10.1. The molecular formula is C14H18FN5O4. The maximum absolute atomic E-state index is 14.3. The van der Waals surface area contributed by atoms with E-state index in [1.165, 1.54) is 17.2 Å². The molecule has 1 saturated heterocycles. The van der Waals surface area contributed by atoms with Crippen LogP contribution in [0.4, 0.5) is 10.2 Å². The van der Waals surface area contributed by atoms with E-state index in [4.69, 9.17) is 9.84 Å². The van der Waals surface area contributed by atoms with Crippen molar-refractivity contribution >= 4 is 22.8 Å². The molecule has 1 aliphatic heterocycles. The van der Waals surface area contributed by atoms with Gasteiger partial charge in [-0.2, -0.15) is 5.10 Å². The van der Waals surface area contributed by atoms with E-state index in [9.17, 15) is 14.3 Å². The van der Waals surface area contributed by atoms with Gasteiger partial charge in [0.15, 0.2) is 18.0 Å². The van der Waals surface area contributed by atoms with Crippen LogP contribution < -0.4 is 5.32 Å². The van der Waals surface area contributed by atoms with Gasteiger partial charge in [0, 0.05) is 5.92 Å². The second kappa shape index (κ2) is 6.38. The highest BCUT2D eigenvalue weighted by molar-refractivity contribution is 5.98. The van der Waals surface area contributed by atoms with Crippen molar-refractivity contribution in [3.63, 3.8) is 0 Å². The van der Waals surface area contributed by atoms with Gasteiger partial charge in [-0.1, -0.05) is 13.8 Å². The van der Waals surface area contributed by atoms with Gasteiger partial charge in [-0.05, 0) is 0 Å². The average Bonchev–Trinajstić information content (AvgIpc) is 3.10. The minimum absolute atomic E-state index is 0.223. The molecule has 10 heteroatoms. The molecule has 0 saturated carbocycles. The summed E-state index contributed by atoms with van der Waals surface area (Å²) < 4.78 is 20.8. The Hall–Kier alpha value is -2.17. The summed E-state index contributed by atoms with van der Waals surface area (Å²) in [7, 11) is 0. The van der Waals surface area contributed by atoms with E-state index in [1.54, 1.807) is 13.8 Å². The second-order valence-corrected chi connectivity index (χ2v) is 5.88. The largest absolute Gasteiger partial charge is 0.394 e. The van der Waals surface area contributed by atoms with Gasteiger partial charge in [0.25, 0.3) is 0 Å². The van der Waals surface area contributed by atoms with Crippen LogP contribution in [0.2, 0.25) is 0 Å². The maximum atomic E-state index is 14.3. The molecule has 9 nitrogen and oxygen atoms in total. The SMILES string of the molecule is CC(C)C(=O)Nc1ncnc2c1cnn2[C@@H]1O[C@H](CO)[C@@H](O)[C@@H]1F. The van der Waals surface area contributed by atoms with Crippen LogP contribution >= 0.6 is 0 Å². The summed E-state index contributed by atoms with van der Waals surface area (Å²) in [6, 6.07) is 0. The third-order valence-electron chi connectivity index (χ3n) is 3.87. The lowest BCUT2D eigenvalue weighted by Crippen LogP contribution is -2.30. The number of halogens is 1. The normalized spacial score (nSPS) is 27.1. The van der Waals surface area contributed by atoms with E-state index < -0.39 is 31.2 Å². The zero-order valence-electron chi connectivity index (χ0n) is 13.1. The lowest BCUT2D eigenvalue weighted by Gasteiger charge is -2.14. The molecule has 130 valence electrons. The lowest BCUT2D eigenvalue weighted by molar-refractivity contribution is -0.118. The molecule has 3 heterocycles. The molecule has 0 spiro atoms. The summed E-state index contributed by atoms with van der Waals surface area (Å²) >= 11 is 0. The van der Waals surface area contributed by atoms with Crippen molar-refractivity contribution in [2.24, 2.45) is 5.92 Å². The zero-order chi connectivity index (χ0) is 17.4. The number of nitrogens with one attached hydrogen (secondary N) is 1. The Labute approximate surface area is 136 Å². The summed E-state index contributed by atoms with van der Waals surface area (Å²) in [5.74, 6) is -0.199. The maximum Gasteiger partial charge on any atom is 0.228 e. The van der Waals surface area contributed by atoms with Gasteiger partial charge >= 0.3 is 0 Å². The van der Waals surface area contributed by atoms with Crippen LogP contribution in [0.5, 0.6) is 0 Å². The molecule has 4 atom stereocenters. The average molecular weight is 339 g/mol. The monoisotopic (exact) mass is 339 g/mol. The second-order valence-electron chi connectivity index (χ2n) is 5.88. The molecule has 3 N–H and O–H groups in total. The minimum atomic E-state index is -1.77. The number of nitrogens with zero attached hydrogens (tertiary/aromatic N) is 4. The van der Waals surface area contributed by atoms with Crippen LogP contribution in [-0.2, 0) is 9.53 Å². The molecule has 0 aromatic carbocycles. The molecule has 1 aliphatic rings. The van der Waals surface area contributed by atoms with E-state index in [-0.39, 0.29) is 23.3 Å². The Morgan fingerprint density at radius 2 is 2.25 bits per heavy atom. The first-order valence-electron chi connectivity index (χ1n) is 7.51. The van der Waals surface area contributed by atoms with E-state index in [1.807, 2.05) is 0 Å². The number of aromatic nitrogens is 4. The number of carbonyl (C=O) groups excluding carboxylic acids is 1. The van der Waals surface area contributed by atoms with Gasteiger partial charge < -0.3 is 20.3 Å². The van der Waals surface area contributed by atoms with Crippen molar-refractivity contribution in [3.05, 3.63) is 12.5 Å². The fraction of sp³-hybridized carbons (Fsp3) is 0.571. The van der Waals surface area contributed by atoms with E-state index in [0.717, 1.165) is 0 Å². The van der Waals surface area contributed by atoms with Crippen LogP contribution in [-0.4, -0.2) is 60.9 Å². The summed E-state index contributed by atoms with van der Waals surface area (Å²) in [5, 5.41) is 26.0. The van der Waals surface area contributed by atoms with Crippen LogP contribution in [0.1, 0.15) is 20.1 Å². The number of ether oxygens (including phenoxy) is 1. The highest BCUT2D eigenvalue weighted by Crippen LogP contribution is 2.33. The molecule has 3 rings (SSSR count). The summed E-state index contributed by atoms with van der Waals surface area (Å²) in [5.41, 5.74) is 0.252. The number of hydrogen-bond acceptors (Lipinski definition) is 7. The minimum Gasteiger partial charge on any atom is -0.394 e. The number of anilines is 1. The third-order valence-corrected chi connectivity index (χ3v) is 3.87. The molecule has 1 fully saturated rings. The Kier molecular flexibility index (Phi) is 4.43. The predicted molar refractivity (Wildman–Crippen MR) is 80.7 cm³/mol. The van der Waals surface area contributed by atoms with Gasteiger partial charge in [0.1, 0.15) is 24.4 Å². The number of alkyl halides is 1. The summed E-state index contributed by atoms with van der Waals surface area (Å²) in [4.78, 5) is 19.9. The van der Waals surface area contributed by atoms with Gasteiger partial charge in [-0.25, -0.2) is 19.0 Å². The highest BCUT2D eigenvalue weighted by Gasteiger charge is 2.46. The van der Waals surface area contributed by atoms with Crippen molar-refractivity contribution in [1.82, 2.24) is 19.7 Å². The number of fused-ring (bicyclic) bond motifs is 1. The molecule has 24 heavy (non-hydrogen) atoms. The number of carbonyl (C=O) groups is 1. The molecular weight excluding hydrogens is 321 g/mol. The zero-order valence-corrected chi connectivity index (χ0v) is 13.1. The van der Waals surface area contributed by atoms with Crippen LogP contribution in [0, 0.1) is 5.92 Å². The Morgan fingerprint density at radius 1 is 1.50 bits per heavy atom. The van der Waals surface area contributed by atoms with Crippen molar-refractivity contribution in [2.45, 2.75) is 38.5 Å². The first-order chi connectivity index (χ1) is 11.4. The molecule has 2 aromatic heterocycles. The van der Waals surface area contributed by atoms with E-state index in [2.05, 4.69) is 20.4 Å². The first kappa shape index (κ1) is 16.7. The number of amides is 1. The van der Waals surface area contributed by atoms with Gasteiger partial charge in [-0.3, -0.25) is 4.79 Å². The third kappa shape index (κ3) is 2.72. The Bertz CT molecular complexity index is 752. The smallest absolute Gasteiger partial charge is 0.228 e. The van der Waals surface area contributed by atoms with Gasteiger partial charge in [0.2, 0.25) is 5.91 Å². The van der Waals surface area contributed by atoms with Crippen LogP contribution in [0.25, 0.3) is 11.0 Å². The van der Waals surface area contributed by atoms with Gasteiger partial charge in [0.05, 0.1) is 18.2 Å². The Morgan fingerprint density at radius 3 is 2.88 bits per heavy atom. The van der Waals surface area contributed by atoms with Crippen molar-refractivity contribution < 1.29 is 24.1 Å². The highest BCUT2D eigenvalue weighted by atomic mass is 19.1. The summed E-state index contributed by atoms with van der Waals surface area (Å²) in [6.07, 6.45) is -2.88. The number of rotatable bonds is 4. The van der Waals surface area contributed by atoms with Crippen molar-refractivity contribution in [2.75, 3.05) is 11.9 Å². The fourth-order valence-corrected chi connectivity index (χ4v) is 2.46. The standard InChI is InChI=1S/C14H18FN5O4/c1-6(2)13(23)19-11-7-3-18-20(12(7)17-5-16-11)14-9(15)10(22)8(4-21)24-14/h3,5-6,8-10,14,21-22H,4H2,1-2H3,(H,16,17,19,23)/t8-,9+,10-,14-/m1/s1. The molecule has 2 aromatic rings. The summed E-state index contributed by atoms with van der Waals surface area (Å²) in [6.45, 7) is 2.98. The molecule has 0 unspecified atom stereocenters. The van der Waals surface area contributed by atoms with E-state index >= 15 is 0 Å². The molecule has 0 bridgehead atoms. The molecule has 1 amide bonds. The van der Waals surface area contributed by atoms with Crippen molar-refractivity contribution in [3.8, 4) is 0 Å². The number of aliphatic hydroxyl groups excluding tert-OH is 2. The predicted octanol–water partition coefficient (Wildman–Crippen LogP) is 0.00950. The van der Waals surface area contributed by atoms with Gasteiger partial charge in [-0.15, -0.1) is 0 Å². The quantitative estimate of drug-likeness (QED) is 0.717. The van der Waals surface area contributed by atoms with Crippen LogP contribution in [0.3, 0.4) is 0 Å². The van der Waals surface area contributed by atoms with E-state index in [0.29, 0.717) is 5.39 Å². The Balaban J connectivity index is 1.96. The number of hydrogen-bond donors (Lipinski definition) is 3. The molecule has 0 aliphatic carbocycles. The van der Waals surface area contributed by atoms with Crippen molar-refractivity contribution in [1.29, 1.82) is 0 Å². The van der Waals surface area contributed by atoms with Crippen LogP contribution in [0.15, 0.2) is 12.5 Å². The topological polar surface area (TPSA) is 122 Å². The number of aliphatic hydroxyl groups is 2. The molecule has 0 radical (unpaired) electrons. The first-order valence-corrected chi connectivity index (χ1v) is 7.51. The fourth-order valence-electron chi connectivity index (χ4n) is 2.46.